The topological polar surface area (TPSA) is 66.4 Å². The molecule has 0 atom stereocenters. The number of pyridine rings is 2. The minimum atomic E-state index is -0.468. The molecule has 7 nitrogen and oxygen atoms in total. The molecule has 0 bridgehead atoms. The number of fused-ring (bicyclic) bond motifs is 1. The normalized spacial score (nSPS) is 14.5. The lowest BCUT2D eigenvalue weighted by Gasteiger charge is -2.28. The smallest absolute Gasteiger partial charge is 0.255 e. The second-order valence-electron chi connectivity index (χ2n) is 8.65. The van der Waals surface area contributed by atoms with Crippen molar-refractivity contribution in [3.05, 3.63) is 87.9 Å². The monoisotopic (exact) mass is 493 g/mol. The van der Waals surface area contributed by atoms with E-state index in [2.05, 4.69) is 20.9 Å². The highest BCUT2D eigenvalue weighted by Gasteiger charge is 2.16. The van der Waals surface area contributed by atoms with Gasteiger partial charge in [0.1, 0.15) is 11.5 Å². The lowest BCUT2D eigenvalue weighted by Crippen LogP contribution is -2.36. The zero-order valence-corrected chi connectivity index (χ0v) is 20.2. The third kappa shape index (κ3) is 4.80. The van der Waals surface area contributed by atoms with Crippen LogP contribution in [0.15, 0.2) is 66.0 Å². The quantitative estimate of drug-likeness (QED) is 0.445. The average Bonchev–Trinajstić information content (AvgIpc) is 3.26. The van der Waals surface area contributed by atoms with Crippen molar-refractivity contribution < 1.29 is 9.13 Å². The third-order valence-electron chi connectivity index (χ3n) is 5.92. The molecule has 1 aliphatic rings. The first-order chi connectivity index (χ1) is 16.9. The molecule has 0 aliphatic carbocycles. The van der Waals surface area contributed by atoms with Crippen LogP contribution in [-0.2, 0) is 4.74 Å². The zero-order chi connectivity index (χ0) is 24.5. The maximum absolute atomic E-state index is 14.1. The lowest BCUT2D eigenvalue weighted by molar-refractivity contribution is 0.122. The predicted octanol–water partition coefficient (Wildman–Crippen LogP) is 4.43. The number of ether oxygens (including phenoxy) is 1. The molecule has 1 N–H and O–H groups in total. The Morgan fingerprint density at radius 3 is 2.71 bits per heavy atom. The van der Waals surface area contributed by atoms with Crippen LogP contribution in [0.2, 0.25) is 5.02 Å². The summed E-state index contributed by atoms with van der Waals surface area (Å²) in [5, 5.41) is 1.20. The largest absolute Gasteiger partial charge is 0.382 e. The van der Waals surface area contributed by atoms with Crippen LogP contribution >= 0.6 is 11.6 Å². The lowest BCUT2D eigenvalue weighted by atomic mass is 10.1. The summed E-state index contributed by atoms with van der Waals surface area (Å²) in [5.74, 6) is -0.468. The van der Waals surface area contributed by atoms with Gasteiger partial charge in [0.25, 0.3) is 5.56 Å². The van der Waals surface area contributed by atoms with Crippen molar-refractivity contribution in [2.24, 2.45) is 0 Å². The summed E-state index contributed by atoms with van der Waals surface area (Å²) in [5.41, 5.74) is 4.20. The first-order valence-corrected chi connectivity index (χ1v) is 11.6. The number of anilines is 1. The summed E-state index contributed by atoms with van der Waals surface area (Å²) in [6.45, 7) is 3.01. The van der Waals surface area contributed by atoms with Gasteiger partial charge in [-0.05, 0) is 35.9 Å². The molecule has 0 saturated carbocycles. The van der Waals surface area contributed by atoms with Gasteiger partial charge in [-0.3, -0.25) is 9.36 Å². The van der Waals surface area contributed by atoms with E-state index >= 15 is 0 Å². The Labute approximate surface area is 207 Å². The molecule has 0 radical (unpaired) electrons. The van der Waals surface area contributed by atoms with Gasteiger partial charge in [-0.25, -0.2) is 9.37 Å². The van der Waals surface area contributed by atoms with Gasteiger partial charge in [0.15, 0.2) is 0 Å². The molecule has 9 heteroatoms. The van der Waals surface area contributed by atoms with Crippen molar-refractivity contribution >= 4 is 34.0 Å². The molecule has 0 unspecified atom stereocenters. The van der Waals surface area contributed by atoms with Gasteiger partial charge in [-0.15, -0.1) is 0 Å². The fourth-order valence-corrected chi connectivity index (χ4v) is 4.52. The van der Waals surface area contributed by atoms with Gasteiger partial charge in [-0.1, -0.05) is 11.6 Å². The number of halogens is 2. The van der Waals surface area contributed by atoms with Crippen molar-refractivity contribution in [2.75, 3.05) is 45.3 Å². The maximum Gasteiger partial charge on any atom is 0.255 e. The molecule has 1 saturated heterocycles. The molecule has 1 fully saturated rings. The highest BCUT2D eigenvalue weighted by atomic mass is 35.5. The first kappa shape index (κ1) is 23.1. The number of nitrogens with zero attached hydrogens (tertiary/aromatic N) is 4. The van der Waals surface area contributed by atoms with E-state index in [1.807, 2.05) is 32.6 Å². The van der Waals surface area contributed by atoms with Gasteiger partial charge >= 0.3 is 0 Å². The molecule has 5 rings (SSSR count). The van der Waals surface area contributed by atoms with Crippen molar-refractivity contribution in [1.29, 1.82) is 0 Å². The van der Waals surface area contributed by atoms with Crippen LogP contribution in [-0.4, -0.2) is 59.8 Å². The van der Waals surface area contributed by atoms with Crippen LogP contribution in [0.1, 0.15) is 5.56 Å². The van der Waals surface area contributed by atoms with E-state index in [9.17, 15) is 9.18 Å². The summed E-state index contributed by atoms with van der Waals surface area (Å²) in [6, 6.07) is 9.78. The number of rotatable bonds is 5. The van der Waals surface area contributed by atoms with Crippen LogP contribution in [0.5, 0.6) is 0 Å². The second-order valence-corrected chi connectivity index (χ2v) is 9.09. The predicted molar refractivity (Wildman–Crippen MR) is 137 cm³/mol. The molecule has 3 aromatic heterocycles. The van der Waals surface area contributed by atoms with Crippen LogP contribution in [0, 0.1) is 5.82 Å². The van der Waals surface area contributed by atoms with Crippen LogP contribution in [0.4, 0.5) is 10.1 Å². The summed E-state index contributed by atoms with van der Waals surface area (Å²) in [4.78, 5) is 25.1. The van der Waals surface area contributed by atoms with E-state index in [1.165, 1.54) is 16.7 Å². The minimum absolute atomic E-state index is 0.248. The number of aromatic amines is 1. The first-order valence-electron chi connectivity index (χ1n) is 11.3. The van der Waals surface area contributed by atoms with Gasteiger partial charge in [0.05, 0.1) is 30.8 Å². The average molecular weight is 494 g/mol. The molecular formula is C26H25ClFN5O2. The van der Waals surface area contributed by atoms with Crippen molar-refractivity contribution in [2.45, 2.75) is 0 Å². The molecule has 35 heavy (non-hydrogen) atoms. The Balaban J connectivity index is 1.56. The molecule has 4 aromatic rings. The highest BCUT2D eigenvalue weighted by Crippen LogP contribution is 2.30. The van der Waals surface area contributed by atoms with Gasteiger partial charge in [0, 0.05) is 73.4 Å². The summed E-state index contributed by atoms with van der Waals surface area (Å²) in [7, 11) is 3.68. The number of hydrogen-bond donors (Lipinski definition) is 1. The molecule has 1 aromatic carbocycles. The number of morpholine rings is 1. The van der Waals surface area contributed by atoms with Gasteiger partial charge in [0.2, 0.25) is 0 Å². The number of aromatic nitrogens is 3. The van der Waals surface area contributed by atoms with Gasteiger partial charge < -0.3 is 19.5 Å². The Morgan fingerprint density at radius 1 is 1.20 bits per heavy atom. The highest BCUT2D eigenvalue weighted by molar-refractivity contribution is 6.30. The number of H-pyrrole nitrogens is 1. The van der Waals surface area contributed by atoms with Gasteiger partial charge in [-0.2, -0.15) is 0 Å². The van der Waals surface area contributed by atoms with E-state index in [0.717, 1.165) is 40.9 Å². The molecule has 0 amide bonds. The van der Waals surface area contributed by atoms with Crippen molar-refractivity contribution in [1.82, 2.24) is 19.4 Å². The number of nitrogens with one attached hydrogen (secondary N) is 1. The maximum atomic E-state index is 14.1. The zero-order valence-electron chi connectivity index (χ0n) is 19.5. The summed E-state index contributed by atoms with van der Waals surface area (Å²) in [6.07, 6.45) is 7.18. The van der Waals surface area contributed by atoms with Crippen LogP contribution in [0.3, 0.4) is 0 Å². The van der Waals surface area contributed by atoms with Crippen LogP contribution in [0.25, 0.3) is 27.9 Å². The van der Waals surface area contributed by atoms with E-state index < -0.39 is 5.82 Å². The Morgan fingerprint density at radius 2 is 2.00 bits per heavy atom. The standard InChI is InChI=1S/C26H25ClFN5O2/c1-31(2)16-24(18-9-19(27)12-20(28)10-18)33-4-3-17(11-25(33)34)23-15-30-26-22(23)13-21(14-29-26)32-5-7-35-8-6-32/h3-4,9-16H,5-8H2,1-2H3,(H,29,30)/b24-16-. The number of benzene rings is 1. The minimum Gasteiger partial charge on any atom is -0.382 e. The molecule has 0 spiro atoms. The second kappa shape index (κ2) is 9.56. The Kier molecular flexibility index (Phi) is 6.32. The Hall–Kier alpha value is -3.62. The van der Waals surface area contributed by atoms with Crippen molar-refractivity contribution in [3.8, 4) is 11.1 Å². The number of hydrogen-bond acceptors (Lipinski definition) is 5. The molecule has 1 aliphatic heterocycles. The fraction of sp³-hybridized carbons (Fsp3) is 0.231. The Bertz CT molecular complexity index is 1450. The molecular weight excluding hydrogens is 469 g/mol. The van der Waals surface area contributed by atoms with Crippen molar-refractivity contribution in [3.63, 3.8) is 0 Å². The third-order valence-corrected chi connectivity index (χ3v) is 6.14. The van der Waals surface area contributed by atoms with E-state index in [0.29, 0.717) is 24.5 Å². The fourth-order valence-electron chi connectivity index (χ4n) is 4.29. The SMILES string of the molecule is CN(C)/C=C(/c1cc(F)cc(Cl)c1)n1ccc(-c2c[nH]c3ncc(N4CCOCC4)cc23)cc1=O. The molecule has 4 heterocycles. The van der Waals surface area contributed by atoms with E-state index in [-0.39, 0.29) is 10.6 Å². The summed E-state index contributed by atoms with van der Waals surface area (Å²) >= 11 is 6.09. The van der Waals surface area contributed by atoms with E-state index in [1.54, 1.807) is 29.4 Å². The van der Waals surface area contributed by atoms with Crippen LogP contribution < -0.4 is 10.5 Å². The summed E-state index contributed by atoms with van der Waals surface area (Å²) < 4.78 is 21.0. The molecule has 180 valence electrons. The van der Waals surface area contributed by atoms with E-state index in [4.69, 9.17) is 16.3 Å².